The third kappa shape index (κ3) is 6.87. The second-order valence-electron chi connectivity index (χ2n) is 12.0. The molecule has 39 heavy (non-hydrogen) atoms. The third-order valence-electron chi connectivity index (χ3n) is 7.70. The first-order valence-corrected chi connectivity index (χ1v) is 15.8. The molecule has 0 bridgehead atoms. The standard InChI is InChI=1S/C33H42O5Si/c1-32(2,3)39(28-16-8-6-9-17-28,29-18-10-7-11-19-29)37-24-30-27(23-36-33(4,5)38-30)22-26-15-13-12-14-25(26)20-21-31(34)35/h6-19,27,30H,20-24H2,1-5H3,(H,34,35). The number of aryl methyl sites for hydroxylation is 1. The van der Waals surface area contributed by atoms with Crippen molar-refractivity contribution in [2.45, 2.75) is 70.8 Å². The summed E-state index contributed by atoms with van der Waals surface area (Å²) in [5.41, 5.74) is 2.21. The van der Waals surface area contributed by atoms with Gasteiger partial charge in [0.25, 0.3) is 8.32 Å². The molecule has 3 aromatic carbocycles. The molecule has 0 aromatic heterocycles. The van der Waals surface area contributed by atoms with Crippen molar-refractivity contribution in [2.24, 2.45) is 5.92 Å². The summed E-state index contributed by atoms with van der Waals surface area (Å²) in [5.74, 6) is -1.42. The topological polar surface area (TPSA) is 65.0 Å². The molecular formula is C33H42O5Si. The van der Waals surface area contributed by atoms with Crippen molar-refractivity contribution in [3.05, 3.63) is 96.1 Å². The highest BCUT2D eigenvalue weighted by Gasteiger charge is 2.51. The summed E-state index contributed by atoms with van der Waals surface area (Å²) < 4.78 is 19.9. The van der Waals surface area contributed by atoms with Crippen molar-refractivity contribution in [3.63, 3.8) is 0 Å². The van der Waals surface area contributed by atoms with Gasteiger partial charge in [0.15, 0.2) is 5.79 Å². The van der Waals surface area contributed by atoms with Gasteiger partial charge in [0.2, 0.25) is 0 Å². The van der Waals surface area contributed by atoms with Gasteiger partial charge in [-0.2, -0.15) is 0 Å². The maximum atomic E-state index is 11.2. The molecule has 0 amide bonds. The SMILES string of the molecule is CC1(C)OCC(Cc2ccccc2CCC(=O)O)C(CO[Si](c2ccccc2)(c2ccccc2)C(C)(C)C)O1. The molecule has 5 nitrogen and oxygen atoms in total. The zero-order valence-corrected chi connectivity index (χ0v) is 24.9. The van der Waals surface area contributed by atoms with Crippen molar-refractivity contribution < 1.29 is 23.8 Å². The lowest BCUT2D eigenvalue weighted by Crippen LogP contribution is -2.67. The monoisotopic (exact) mass is 546 g/mol. The van der Waals surface area contributed by atoms with E-state index in [1.54, 1.807) is 0 Å². The van der Waals surface area contributed by atoms with Crippen molar-refractivity contribution in [3.8, 4) is 0 Å². The van der Waals surface area contributed by atoms with Crippen LogP contribution in [0.15, 0.2) is 84.9 Å². The van der Waals surface area contributed by atoms with Crippen molar-refractivity contribution in [1.29, 1.82) is 0 Å². The Morgan fingerprint density at radius 3 is 2.00 bits per heavy atom. The molecule has 1 saturated heterocycles. The zero-order valence-electron chi connectivity index (χ0n) is 23.9. The highest BCUT2D eigenvalue weighted by atomic mass is 28.4. The first-order valence-electron chi connectivity index (χ1n) is 13.9. The largest absolute Gasteiger partial charge is 0.481 e. The highest BCUT2D eigenvalue weighted by molar-refractivity contribution is 6.99. The maximum absolute atomic E-state index is 11.2. The van der Waals surface area contributed by atoms with Gasteiger partial charge in [-0.25, -0.2) is 0 Å². The number of hydrogen-bond donors (Lipinski definition) is 1. The fraction of sp³-hybridized carbons (Fsp3) is 0.424. The molecule has 1 aliphatic heterocycles. The van der Waals surface area contributed by atoms with E-state index < -0.39 is 20.1 Å². The molecule has 2 unspecified atom stereocenters. The molecule has 3 aromatic rings. The van der Waals surface area contributed by atoms with E-state index in [0.717, 1.165) is 17.5 Å². The first kappa shape index (κ1) is 29.2. The van der Waals surface area contributed by atoms with E-state index in [0.29, 0.717) is 19.6 Å². The van der Waals surface area contributed by atoms with E-state index in [-0.39, 0.29) is 23.5 Å². The second kappa shape index (κ2) is 12.2. The quantitative estimate of drug-likeness (QED) is 0.336. The minimum absolute atomic E-state index is 0.0715. The summed E-state index contributed by atoms with van der Waals surface area (Å²) in [6, 6.07) is 29.4. The molecular weight excluding hydrogens is 504 g/mol. The zero-order chi connectivity index (χ0) is 28.1. The molecule has 208 valence electrons. The number of aliphatic carboxylic acids is 1. The van der Waals surface area contributed by atoms with Crippen molar-refractivity contribution in [2.75, 3.05) is 13.2 Å². The van der Waals surface area contributed by atoms with Gasteiger partial charge >= 0.3 is 5.97 Å². The molecule has 2 atom stereocenters. The molecule has 1 heterocycles. The van der Waals surface area contributed by atoms with Gasteiger partial charge in [-0.1, -0.05) is 106 Å². The Bertz CT molecular complexity index is 1180. The third-order valence-corrected chi connectivity index (χ3v) is 12.7. The number of carbonyl (C=O) groups is 1. The van der Waals surface area contributed by atoms with Crippen molar-refractivity contribution >= 4 is 24.7 Å². The first-order chi connectivity index (χ1) is 18.5. The molecule has 6 heteroatoms. The Kier molecular flexibility index (Phi) is 9.12. The molecule has 4 rings (SSSR count). The normalized spacial score (nSPS) is 19.5. The van der Waals surface area contributed by atoms with Crippen LogP contribution in [0.3, 0.4) is 0 Å². The van der Waals surface area contributed by atoms with E-state index in [1.165, 1.54) is 10.4 Å². The summed E-state index contributed by atoms with van der Waals surface area (Å²) in [4.78, 5) is 11.2. The van der Waals surface area contributed by atoms with E-state index in [4.69, 9.17) is 13.9 Å². The molecule has 0 aliphatic carbocycles. The number of carboxylic acid groups (broad SMARTS) is 1. The number of rotatable bonds is 10. The number of hydrogen-bond acceptors (Lipinski definition) is 4. The van der Waals surface area contributed by atoms with E-state index in [2.05, 4.69) is 87.5 Å². The lowest BCUT2D eigenvalue weighted by atomic mass is 9.90. The Morgan fingerprint density at radius 2 is 1.46 bits per heavy atom. The molecule has 0 spiro atoms. The highest BCUT2D eigenvalue weighted by Crippen LogP contribution is 2.38. The molecule has 0 saturated carbocycles. The fourth-order valence-corrected chi connectivity index (χ4v) is 10.3. The van der Waals surface area contributed by atoms with Gasteiger partial charge in [-0.15, -0.1) is 0 Å². The number of ether oxygens (including phenoxy) is 2. The predicted octanol–water partition coefficient (Wildman–Crippen LogP) is 5.59. The Morgan fingerprint density at radius 1 is 0.923 bits per heavy atom. The van der Waals surface area contributed by atoms with Gasteiger partial charge < -0.3 is 19.0 Å². The average molecular weight is 547 g/mol. The van der Waals surface area contributed by atoms with Crippen LogP contribution < -0.4 is 10.4 Å². The van der Waals surface area contributed by atoms with E-state index >= 15 is 0 Å². The summed E-state index contributed by atoms with van der Waals surface area (Å²) in [5, 5.41) is 11.6. The minimum Gasteiger partial charge on any atom is -0.481 e. The van der Waals surface area contributed by atoms with E-state index in [9.17, 15) is 9.90 Å². The molecule has 1 N–H and O–H groups in total. The van der Waals surface area contributed by atoms with Crippen LogP contribution in [0.5, 0.6) is 0 Å². The van der Waals surface area contributed by atoms with Crippen LogP contribution in [0, 0.1) is 5.92 Å². The maximum Gasteiger partial charge on any atom is 0.303 e. The van der Waals surface area contributed by atoms with Crippen LogP contribution in [-0.2, 0) is 31.5 Å². The van der Waals surface area contributed by atoms with Gasteiger partial charge in [-0.3, -0.25) is 4.79 Å². The van der Waals surface area contributed by atoms with E-state index in [1.807, 2.05) is 32.0 Å². The fourth-order valence-electron chi connectivity index (χ4n) is 5.76. The van der Waals surface area contributed by atoms with Gasteiger partial charge in [0, 0.05) is 12.3 Å². The lowest BCUT2D eigenvalue weighted by molar-refractivity contribution is -0.296. The summed E-state index contributed by atoms with van der Waals surface area (Å²) >= 11 is 0. The van der Waals surface area contributed by atoms with Gasteiger partial charge in [0.05, 0.1) is 19.3 Å². The summed E-state index contributed by atoms with van der Waals surface area (Å²) in [6.45, 7) is 11.8. The predicted molar refractivity (Wildman–Crippen MR) is 158 cm³/mol. The lowest BCUT2D eigenvalue weighted by Gasteiger charge is -2.46. The van der Waals surface area contributed by atoms with Crippen LogP contribution in [0.4, 0.5) is 0 Å². The van der Waals surface area contributed by atoms with Gasteiger partial charge in [0.1, 0.15) is 0 Å². The summed E-state index contributed by atoms with van der Waals surface area (Å²) in [7, 11) is -2.72. The van der Waals surface area contributed by atoms with Crippen LogP contribution in [0.1, 0.15) is 52.2 Å². The van der Waals surface area contributed by atoms with Crippen LogP contribution in [-0.4, -0.2) is 44.5 Å². The molecule has 1 fully saturated rings. The van der Waals surface area contributed by atoms with Crippen LogP contribution in [0.25, 0.3) is 0 Å². The second-order valence-corrected chi connectivity index (χ2v) is 16.3. The average Bonchev–Trinajstić information content (AvgIpc) is 2.90. The Balaban J connectivity index is 1.67. The smallest absolute Gasteiger partial charge is 0.303 e. The number of carboxylic acids is 1. The molecule has 1 aliphatic rings. The van der Waals surface area contributed by atoms with Crippen LogP contribution in [0.2, 0.25) is 5.04 Å². The molecule has 0 radical (unpaired) electrons. The van der Waals surface area contributed by atoms with Crippen molar-refractivity contribution in [1.82, 2.24) is 0 Å². The summed E-state index contributed by atoms with van der Waals surface area (Å²) in [6.07, 6.45) is 1.18. The van der Waals surface area contributed by atoms with Crippen LogP contribution >= 0.6 is 0 Å². The Labute approximate surface area is 234 Å². The minimum atomic E-state index is -2.72. The number of benzene rings is 3. The van der Waals surface area contributed by atoms with Gasteiger partial charge in [-0.05, 0) is 53.2 Å². The Hall–Kier alpha value is -2.77.